The van der Waals surface area contributed by atoms with Gasteiger partial charge in [0.25, 0.3) is 5.56 Å². The third-order valence-electron chi connectivity index (χ3n) is 5.26. The van der Waals surface area contributed by atoms with E-state index in [-0.39, 0.29) is 23.2 Å². The summed E-state index contributed by atoms with van der Waals surface area (Å²) in [5.41, 5.74) is 4.96. The number of hydrogen-bond donors (Lipinski definition) is 3. The lowest BCUT2D eigenvalue weighted by atomic mass is 9.93. The van der Waals surface area contributed by atoms with Crippen molar-refractivity contribution < 1.29 is 18.0 Å². The smallest absolute Gasteiger partial charge is 0.352 e. The van der Waals surface area contributed by atoms with E-state index in [0.717, 1.165) is 6.07 Å². The Morgan fingerprint density at radius 1 is 1.07 bits per heavy atom. The van der Waals surface area contributed by atoms with E-state index in [1.54, 1.807) is 18.2 Å². The van der Waals surface area contributed by atoms with E-state index >= 15 is 0 Å². The molecule has 1 aliphatic rings. The standard InChI is InChI=1S/C21H18F3N3O2/c22-21(23,24)17-4-2-1-3-14(17)18-8-12-6-5-11(7-15(12)20(29)27-18)16-9-13(10-25)26-19(16)28/h1-8,13,16H,9-10,25H2,(H,26,28)(H,27,29)/t13?,16-/m0/s1. The molecule has 2 heterocycles. The van der Waals surface area contributed by atoms with Crippen molar-refractivity contribution in [3.05, 3.63) is 70.0 Å². The van der Waals surface area contributed by atoms with Crippen LogP contribution < -0.4 is 16.6 Å². The molecule has 0 saturated carbocycles. The number of pyridine rings is 1. The average molecular weight is 401 g/mol. The van der Waals surface area contributed by atoms with Crippen LogP contribution in [0.5, 0.6) is 0 Å². The Labute approximate surface area is 163 Å². The van der Waals surface area contributed by atoms with Gasteiger partial charge in [-0.15, -0.1) is 0 Å². The molecule has 3 aromatic rings. The Morgan fingerprint density at radius 3 is 2.52 bits per heavy atom. The summed E-state index contributed by atoms with van der Waals surface area (Å²) >= 11 is 0. The van der Waals surface area contributed by atoms with Crippen molar-refractivity contribution in [2.75, 3.05) is 6.54 Å². The number of amides is 1. The number of hydrogen-bond acceptors (Lipinski definition) is 3. The SMILES string of the molecule is NCC1C[C@@H](c2ccc3cc(-c4ccccc4C(F)(F)F)[nH]c(=O)c3c2)C(=O)N1. The first-order chi connectivity index (χ1) is 13.8. The fourth-order valence-electron chi connectivity index (χ4n) is 3.80. The first-order valence-corrected chi connectivity index (χ1v) is 9.12. The van der Waals surface area contributed by atoms with E-state index in [4.69, 9.17) is 5.73 Å². The van der Waals surface area contributed by atoms with Gasteiger partial charge in [-0.1, -0.05) is 30.3 Å². The van der Waals surface area contributed by atoms with Crippen LogP contribution in [0.25, 0.3) is 22.0 Å². The molecule has 2 aromatic carbocycles. The quantitative estimate of drug-likeness (QED) is 0.630. The zero-order valence-electron chi connectivity index (χ0n) is 15.2. The minimum atomic E-state index is -4.54. The number of fused-ring (bicyclic) bond motifs is 1. The molecule has 0 aliphatic carbocycles. The molecule has 1 amide bonds. The van der Waals surface area contributed by atoms with Gasteiger partial charge in [0.2, 0.25) is 5.91 Å². The van der Waals surface area contributed by atoms with Crippen molar-refractivity contribution >= 4 is 16.7 Å². The van der Waals surface area contributed by atoms with Gasteiger partial charge in [-0.2, -0.15) is 13.2 Å². The summed E-state index contributed by atoms with van der Waals surface area (Å²) in [5, 5.41) is 3.63. The van der Waals surface area contributed by atoms with Crippen LogP contribution in [-0.2, 0) is 11.0 Å². The van der Waals surface area contributed by atoms with Crippen LogP contribution in [0, 0.1) is 0 Å². The molecule has 2 atom stereocenters. The van der Waals surface area contributed by atoms with Crippen LogP contribution in [0.4, 0.5) is 13.2 Å². The summed E-state index contributed by atoms with van der Waals surface area (Å²) in [6, 6.07) is 11.5. The minimum absolute atomic E-state index is 0.0879. The number of carbonyl (C=O) groups is 1. The second-order valence-electron chi connectivity index (χ2n) is 7.13. The van der Waals surface area contributed by atoms with E-state index in [1.807, 2.05) is 0 Å². The number of benzene rings is 2. The molecular weight excluding hydrogens is 383 g/mol. The number of nitrogens with one attached hydrogen (secondary N) is 2. The molecular formula is C21H18F3N3O2. The van der Waals surface area contributed by atoms with Crippen LogP contribution in [0.15, 0.2) is 53.3 Å². The molecule has 1 aliphatic heterocycles. The third kappa shape index (κ3) is 3.51. The van der Waals surface area contributed by atoms with Crippen molar-refractivity contribution in [3.8, 4) is 11.3 Å². The van der Waals surface area contributed by atoms with Crippen LogP contribution in [0.1, 0.15) is 23.5 Å². The zero-order valence-corrected chi connectivity index (χ0v) is 15.2. The molecule has 0 radical (unpaired) electrons. The zero-order chi connectivity index (χ0) is 20.8. The first-order valence-electron chi connectivity index (χ1n) is 9.12. The molecule has 29 heavy (non-hydrogen) atoms. The Bertz CT molecular complexity index is 1150. The van der Waals surface area contributed by atoms with E-state index < -0.39 is 23.2 Å². The van der Waals surface area contributed by atoms with E-state index in [2.05, 4.69) is 10.3 Å². The highest BCUT2D eigenvalue weighted by molar-refractivity contribution is 5.90. The summed E-state index contributed by atoms with van der Waals surface area (Å²) in [7, 11) is 0. The highest BCUT2D eigenvalue weighted by atomic mass is 19.4. The number of H-pyrrole nitrogens is 1. The Kier molecular flexibility index (Phi) is 4.66. The minimum Gasteiger partial charge on any atom is -0.352 e. The number of aromatic nitrogens is 1. The van der Waals surface area contributed by atoms with Gasteiger partial charge in [-0.25, -0.2) is 0 Å². The number of rotatable bonds is 3. The van der Waals surface area contributed by atoms with Crippen molar-refractivity contribution in [2.45, 2.75) is 24.6 Å². The molecule has 4 N–H and O–H groups in total. The van der Waals surface area contributed by atoms with E-state index in [9.17, 15) is 22.8 Å². The first kappa shape index (κ1) is 19.2. The fourth-order valence-corrected chi connectivity index (χ4v) is 3.80. The second kappa shape index (κ2) is 7.04. The maximum absolute atomic E-state index is 13.3. The van der Waals surface area contributed by atoms with E-state index in [1.165, 1.54) is 24.3 Å². The molecule has 1 fully saturated rings. The predicted octanol–water partition coefficient (Wildman–Crippen LogP) is 3.14. The fraction of sp³-hybridized carbons (Fsp3) is 0.238. The average Bonchev–Trinajstić information content (AvgIpc) is 3.08. The Morgan fingerprint density at radius 2 is 1.83 bits per heavy atom. The summed E-state index contributed by atoms with van der Waals surface area (Å²) in [4.78, 5) is 27.4. The molecule has 1 unspecified atom stereocenters. The highest BCUT2D eigenvalue weighted by Crippen LogP contribution is 2.36. The number of nitrogens with two attached hydrogens (primary N) is 1. The van der Waals surface area contributed by atoms with Gasteiger partial charge in [0, 0.05) is 29.2 Å². The molecule has 0 spiro atoms. The van der Waals surface area contributed by atoms with Crippen LogP contribution in [0.3, 0.4) is 0 Å². The maximum Gasteiger partial charge on any atom is 0.417 e. The summed E-state index contributed by atoms with van der Waals surface area (Å²) in [6.07, 6.45) is -4.00. The monoisotopic (exact) mass is 401 g/mol. The molecule has 150 valence electrons. The Balaban J connectivity index is 1.79. The molecule has 8 heteroatoms. The molecule has 0 bridgehead atoms. The highest BCUT2D eigenvalue weighted by Gasteiger charge is 2.34. The maximum atomic E-state index is 13.3. The largest absolute Gasteiger partial charge is 0.417 e. The normalized spacial score (nSPS) is 19.5. The molecule has 1 saturated heterocycles. The van der Waals surface area contributed by atoms with Gasteiger partial charge >= 0.3 is 6.18 Å². The third-order valence-corrected chi connectivity index (χ3v) is 5.26. The number of halogens is 3. The second-order valence-corrected chi connectivity index (χ2v) is 7.13. The summed E-state index contributed by atoms with van der Waals surface area (Å²) in [5.74, 6) is -0.551. The summed E-state index contributed by atoms with van der Waals surface area (Å²) < 4.78 is 40.0. The van der Waals surface area contributed by atoms with Crippen molar-refractivity contribution in [3.63, 3.8) is 0 Å². The van der Waals surface area contributed by atoms with Gasteiger partial charge < -0.3 is 16.0 Å². The van der Waals surface area contributed by atoms with Crippen LogP contribution in [0.2, 0.25) is 0 Å². The molecule has 4 rings (SSSR count). The van der Waals surface area contributed by atoms with Gasteiger partial charge in [0.15, 0.2) is 0 Å². The molecule has 5 nitrogen and oxygen atoms in total. The number of aromatic amines is 1. The van der Waals surface area contributed by atoms with Gasteiger partial charge in [-0.05, 0) is 35.6 Å². The number of alkyl halides is 3. The van der Waals surface area contributed by atoms with Crippen LogP contribution in [-0.4, -0.2) is 23.5 Å². The van der Waals surface area contributed by atoms with Crippen molar-refractivity contribution in [1.82, 2.24) is 10.3 Å². The van der Waals surface area contributed by atoms with Crippen molar-refractivity contribution in [2.24, 2.45) is 5.73 Å². The van der Waals surface area contributed by atoms with Crippen molar-refractivity contribution in [1.29, 1.82) is 0 Å². The van der Waals surface area contributed by atoms with E-state index in [0.29, 0.717) is 29.3 Å². The lowest BCUT2D eigenvalue weighted by Crippen LogP contribution is -2.32. The lowest BCUT2D eigenvalue weighted by Gasteiger charge is -2.14. The topological polar surface area (TPSA) is 88.0 Å². The van der Waals surface area contributed by atoms with Gasteiger partial charge in [0.1, 0.15) is 0 Å². The predicted molar refractivity (Wildman–Crippen MR) is 103 cm³/mol. The van der Waals surface area contributed by atoms with Crippen LogP contribution >= 0.6 is 0 Å². The summed E-state index contributed by atoms with van der Waals surface area (Å²) in [6.45, 7) is 0.332. The van der Waals surface area contributed by atoms with Gasteiger partial charge in [0.05, 0.1) is 11.5 Å². The number of carbonyl (C=O) groups excluding carboxylic acids is 1. The molecule has 1 aromatic heterocycles. The Hall–Kier alpha value is -3.13. The van der Waals surface area contributed by atoms with Gasteiger partial charge in [-0.3, -0.25) is 9.59 Å². The lowest BCUT2D eigenvalue weighted by molar-refractivity contribution is -0.137.